The maximum atomic E-state index is 10.4. The third kappa shape index (κ3) is 1.74. The fourth-order valence-corrected chi connectivity index (χ4v) is 1.57. The van der Waals surface area contributed by atoms with Crippen LogP contribution >= 0.6 is 38.5 Å². The molecule has 0 fully saturated rings. The van der Waals surface area contributed by atoms with Gasteiger partial charge in [-0.1, -0.05) is 0 Å². The number of nitrogens with zero attached hydrogens (tertiary/aromatic N) is 2. The van der Waals surface area contributed by atoms with Gasteiger partial charge < -0.3 is 0 Å². The van der Waals surface area contributed by atoms with Gasteiger partial charge in [-0.2, -0.15) is 0 Å². The van der Waals surface area contributed by atoms with Gasteiger partial charge in [-0.15, -0.1) is 0 Å². The highest BCUT2D eigenvalue weighted by molar-refractivity contribution is 14.1. The molecule has 0 amide bonds. The second-order valence-electron chi connectivity index (χ2n) is 2.13. The van der Waals surface area contributed by atoms with E-state index in [-0.39, 0.29) is 5.69 Å². The van der Waals surface area contributed by atoms with E-state index in [1.54, 1.807) is 6.92 Å². The van der Waals surface area contributed by atoms with E-state index in [0.29, 0.717) is 10.0 Å². The predicted molar refractivity (Wildman–Crippen MR) is 56.0 cm³/mol. The summed E-state index contributed by atoms with van der Waals surface area (Å²) in [6.07, 6.45) is 1.27. The van der Waals surface area contributed by atoms with E-state index >= 15 is 0 Å². The van der Waals surface area contributed by atoms with Crippen molar-refractivity contribution in [3.63, 3.8) is 0 Å². The van der Waals surface area contributed by atoms with Crippen molar-refractivity contribution in [2.75, 3.05) is 0 Å². The molecule has 6 heteroatoms. The average molecular weight is 343 g/mol. The summed E-state index contributed by atoms with van der Waals surface area (Å²) in [6.45, 7) is 1.69. The van der Waals surface area contributed by atoms with Gasteiger partial charge in [0.2, 0.25) is 0 Å². The van der Waals surface area contributed by atoms with Crippen molar-refractivity contribution in [3.8, 4) is 0 Å². The molecule has 0 spiro atoms. The van der Waals surface area contributed by atoms with Crippen molar-refractivity contribution in [1.82, 2.24) is 4.98 Å². The first-order chi connectivity index (χ1) is 5.54. The zero-order valence-electron chi connectivity index (χ0n) is 6.04. The lowest BCUT2D eigenvalue weighted by atomic mass is 10.3. The molecule has 0 bridgehead atoms. The fourth-order valence-electron chi connectivity index (χ4n) is 0.723. The molecule has 0 aliphatic rings. The predicted octanol–water partition coefficient (Wildman–Crippen LogP) is 2.67. The van der Waals surface area contributed by atoms with Crippen LogP contribution in [0.2, 0.25) is 0 Å². The van der Waals surface area contributed by atoms with Crippen LogP contribution in [0.15, 0.2) is 10.7 Å². The first-order valence-electron chi connectivity index (χ1n) is 2.99. The highest BCUT2D eigenvalue weighted by Crippen LogP contribution is 2.27. The second kappa shape index (κ2) is 3.65. The number of hydrogen-bond donors (Lipinski definition) is 0. The Morgan fingerprint density at radius 1 is 1.75 bits per heavy atom. The highest BCUT2D eigenvalue weighted by Gasteiger charge is 2.15. The van der Waals surface area contributed by atoms with Gasteiger partial charge in [-0.05, 0) is 45.4 Å². The summed E-state index contributed by atoms with van der Waals surface area (Å²) in [7, 11) is 0. The number of aromatic nitrogens is 1. The van der Waals surface area contributed by atoms with E-state index in [9.17, 15) is 10.1 Å². The minimum atomic E-state index is -0.441. The normalized spacial score (nSPS) is 9.92. The first kappa shape index (κ1) is 9.85. The Kier molecular flexibility index (Phi) is 2.99. The van der Waals surface area contributed by atoms with Crippen LogP contribution in [0.3, 0.4) is 0 Å². The van der Waals surface area contributed by atoms with Crippen LogP contribution in [0.5, 0.6) is 0 Å². The Morgan fingerprint density at radius 2 is 2.33 bits per heavy atom. The van der Waals surface area contributed by atoms with Gasteiger partial charge in [0.1, 0.15) is 9.90 Å². The number of rotatable bonds is 1. The van der Waals surface area contributed by atoms with Crippen LogP contribution < -0.4 is 0 Å². The van der Waals surface area contributed by atoms with E-state index in [1.165, 1.54) is 6.20 Å². The third-order valence-corrected chi connectivity index (χ3v) is 3.92. The topological polar surface area (TPSA) is 56.0 Å². The van der Waals surface area contributed by atoms with E-state index < -0.39 is 4.92 Å². The lowest BCUT2D eigenvalue weighted by Crippen LogP contribution is -1.95. The van der Waals surface area contributed by atoms with E-state index in [0.717, 1.165) is 3.70 Å². The summed E-state index contributed by atoms with van der Waals surface area (Å²) in [5.41, 5.74) is 0.654. The van der Waals surface area contributed by atoms with Crippen LogP contribution in [-0.4, -0.2) is 9.91 Å². The largest absolute Gasteiger partial charge is 0.291 e. The summed E-state index contributed by atoms with van der Waals surface area (Å²) in [5.74, 6) is 0. The number of halogens is 2. The zero-order valence-corrected chi connectivity index (χ0v) is 9.79. The molecule has 0 saturated heterocycles. The molecule has 0 saturated carbocycles. The number of nitro groups is 1. The molecular formula is C6H4BrIN2O2. The van der Waals surface area contributed by atoms with Crippen molar-refractivity contribution in [2.24, 2.45) is 0 Å². The lowest BCUT2D eigenvalue weighted by Gasteiger charge is -2.00. The van der Waals surface area contributed by atoms with Crippen LogP contribution in [0.4, 0.5) is 5.69 Å². The first-order valence-corrected chi connectivity index (χ1v) is 4.86. The molecule has 0 aliphatic carbocycles. The Bertz CT molecular complexity index is 343. The van der Waals surface area contributed by atoms with Crippen LogP contribution in [0.1, 0.15) is 5.56 Å². The van der Waals surface area contributed by atoms with Gasteiger partial charge in [0.25, 0.3) is 5.69 Å². The standard InChI is InChI=1S/C6H4BrIN2O2/c1-3-4(10(11)12)2-9-6(8)5(3)7/h2H,1H3. The van der Waals surface area contributed by atoms with E-state index in [2.05, 4.69) is 20.9 Å². The molecule has 0 unspecified atom stereocenters. The van der Waals surface area contributed by atoms with Crippen molar-refractivity contribution in [2.45, 2.75) is 6.92 Å². The molecule has 1 aromatic heterocycles. The Labute approximate surface area is 90.8 Å². The van der Waals surface area contributed by atoms with Gasteiger partial charge in [-0.3, -0.25) is 10.1 Å². The Balaban J connectivity index is 3.36. The smallest absolute Gasteiger partial charge is 0.258 e. The molecule has 0 radical (unpaired) electrons. The minimum absolute atomic E-state index is 0.0438. The summed E-state index contributed by atoms with van der Waals surface area (Å²) in [4.78, 5) is 13.8. The molecule has 1 aromatic rings. The molecule has 0 atom stereocenters. The van der Waals surface area contributed by atoms with Crippen LogP contribution in [0, 0.1) is 20.7 Å². The van der Waals surface area contributed by atoms with Gasteiger partial charge >= 0.3 is 0 Å². The number of hydrogen-bond acceptors (Lipinski definition) is 3. The van der Waals surface area contributed by atoms with Crippen LogP contribution in [-0.2, 0) is 0 Å². The Morgan fingerprint density at radius 3 is 2.83 bits per heavy atom. The molecule has 4 nitrogen and oxygen atoms in total. The molecule has 1 heterocycles. The summed E-state index contributed by atoms with van der Waals surface area (Å²) < 4.78 is 1.42. The Hall–Kier alpha value is -0.240. The molecule has 0 aliphatic heterocycles. The SMILES string of the molecule is Cc1c([N+](=O)[O-])cnc(I)c1Br. The van der Waals surface area contributed by atoms with Crippen molar-refractivity contribution < 1.29 is 4.92 Å². The third-order valence-electron chi connectivity index (χ3n) is 1.39. The van der Waals surface area contributed by atoms with E-state index in [4.69, 9.17) is 0 Å². The van der Waals surface area contributed by atoms with Gasteiger partial charge in [-0.25, -0.2) is 4.98 Å². The number of pyridine rings is 1. The maximum absolute atomic E-state index is 10.4. The van der Waals surface area contributed by atoms with Crippen molar-refractivity contribution >= 4 is 44.2 Å². The van der Waals surface area contributed by atoms with Gasteiger partial charge in [0, 0.05) is 5.56 Å². The molecular weight excluding hydrogens is 339 g/mol. The van der Waals surface area contributed by atoms with Crippen LogP contribution in [0.25, 0.3) is 0 Å². The zero-order chi connectivity index (χ0) is 9.30. The maximum Gasteiger partial charge on any atom is 0.291 e. The average Bonchev–Trinajstić information content (AvgIpc) is 2.00. The van der Waals surface area contributed by atoms with Crippen molar-refractivity contribution in [1.29, 1.82) is 0 Å². The lowest BCUT2D eigenvalue weighted by molar-refractivity contribution is -0.385. The quantitative estimate of drug-likeness (QED) is 0.341. The summed E-state index contributed by atoms with van der Waals surface area (Å²) >= 11 is 5.23. The summed E-state index contributed by atoms with van der Waals surface area (Å²) in [5, 5.41) is 10.4. The molecule has 12 heavy (non-hydrogen) atoms. The highest BCUT2D eigenvalue weighted by atomic mass is 127. The van der Waals surface area contributed by atoms with Gasteiger partial charge in [0.15, 0.2) is 0 Å². The van der Waals surface area contributed by atoms with E-state index in [1.807, 2.05) is 22.6 Å². The molecule has 0 aromatic carbocycles. The fraction of sp³-hybridized carbons (Fsp3) is 0.167. The summed E-state index contributed by atoms with van der Waals surface area (Å²) in [6, 6.07) is 0. The van der Waals surface area contributed by atoms with Gasteiger partial charge in [0.05, 0.1) is 9.40 Å². The monoisotopic (exact) mass is 342 g/mol. The second-order valence-corrected chi connectivity index (χ2v) is 3.95. The van der Waals surface area contributed by atoms with Crippen molar-refractivity contribution in [3.05, 3.63) is 30.0 Å². The molecule has 64 valence electrons. The molecule has 0 N–H and O–H groups in total. The minimum Gasteiger partial charge on any atom is -0.258 e. The molecule has 1 rings (SSSR count).